The lowest BCUT2D eigenvalue weighted by Gasteiger charge is -2.18. The van der Waals surface area contributed by atoms with E-state index in [0.29, 0.717) is 5.56 Å². The molecule has 0 aliphatic heterocycles. The van der Waals surface area contributed by atoms with Crippen LogP contribution in [0.15, 0.2) is 16.9 Å². The summed E-state index contributed by atoms with van der Waals surface area (Å²) in [7, 11) is 0. The van der Waals surface area contributed by atoms with E-state index in [0.717, 1.165) is 30.8 Å². The third-order valence-electron chi connectivity index (χ3n) is 2.64. The monoisotopic (exact) mass is 288 g/mol. The molecule has 0 aliphatic rings. The van der Waals surface area contributed by atoms with Gasteiger partial charge >= 0.3 is 5.97 Å². The fraction of sp³-hybridized carbons (Fsp3) is 0.545. The highest BCUT2D eigenvalue weighted by Gasteiger charge is 2.09. The fourth-order valence-electron chi connectivity index (χ4n) is 1.56. The molecule has 0 saturated heterocycles. The molecule has 0 aromatic carbocycles. The summed E-state index contributed by atoms with van der Waals surface area (Å²) in [4.78, 5) is 13.1. The fourth-order valence-corrected chi connectivity index (χ4v) is 2.08. The molecule has 0 saturated carbocycles. The second-order valence-corrected chi connectivity index (χ2v) is 4.39. The topological polar surface area (TPSA) is 45.5 Å². The van der Waals surface area contributed by atoms with E-state index in [4.69, 9.17) is 5.11 Å². The largest absolute Gasteiger partial charge is 0.478 e. The summed E-state index contributed by atoms with van der Waals surface area (Å²) in [5.74, 6) is -0.887. The average molecular weight is 289 g/mol. The maximum absolute atomic E-state index is 10.8. The van der Waals surface area contributed by atoms with Crippen LogP contribution in [0.3, 0.4) is 0 Å². The predicted molar refractivity (Wildman–Crippen MR) is 66.9 cm³/mol. The highest BCUT2D eigenvalue weighted by molar-refractivity contribution is 9.10. The summed E-state index contributed by atoms with van der Waals surface area (Å²) >= 11 is 3.36. The quantitative estimate of drug-likeness (QED) is 0.874. The van der Waals surface area contributed by atoms with Crippen molar-refractivity contribution in [3.63, 3.8) is 0 Å². The number of rotatable bonds is 6. The zero-order valence-corrected chi connectivity index (χ0v) is 11.2. The SMILES string of the molecule is CCN(CC)CCn1cc(C(=O)O)cc1Br. The Hall–Kier alpha value is -0.810. The van der Waals surface area contributed by atoms with Gasteiger partial charge in [-0.3, -0.25) is 0 Å². The Kier molecular flexibility index (Phi) is 5.02. The summed E-state index contributed by atoms with van der Waals surface area (Å²) in [5, 5.41) is 8.85. The average Bonchev–Trinajstić information content (AvgIpc) is 2.62. The van der Waals surface area contributed by atoms with Gasteiger partial charge in [0.25, 0.3) is 0 Å². The van der Waals surface area contributed by atoms with Crippen LogP contribution in [-0.2, 0) is 6.54 Å². The van der Waals surface area contributed by atoms with E-state index in [-0.39, 0.29) is 0 Å². The molecule has 90 valence electrons. The lowest BCUT2D eigenvalue weighted by Crippen LogP contribution is -2.26. The second kappa shape index (κ2) is 6.06. The van der Waals surface area contributed by atoms with E-state index in [9.17, 15) is 4.79 Å². The Bertz CT molecular complexity index is 359. The van der Waals surface area contributed by atoms with Gasteiger partial charge in [0.1, 0.15) is 0 Å². The van der Waals surface area contributed by atoms with Crippen LogP contribution in [0.4, 0.5) is 0 Å². The first-order chi connectivity index (χ1) is 7.58. The van der Waals surface area contributed by atoms with Crippen molar-refractivity contribution < 1.29 is 9.90 Å². The molecule has 1 N–H and O–H groups in total. The molecule has 5 heteroatoms. The van der Waals surface area contributed by atoms with Crippen molar-refractivity contribution in [3.8, 4) is 0 Å². The summed E-state index contributed by atoms with van der Waals surface area (Å²) in [6.45, 7) is 8.00. The standard InChI is InChI=1S/C11H17BrN2O2/c1-3-13(4-2)5-6-14-8-9(11(15)16)7-10(14)12/h7-8H,3-6H2,1-2H3,(H,15,16). The molecule has 1 rings (SSSR count). The minimum Gasteiger partial charge on any atom is -0.478 e. The van der Waals surface area contributed by atoms with E-state index < -0.39 is 5.97 Å². The number of halogens is 1. The third kappa shape index (κ3) is 3.35. The number of hydrogen-bond donors (Lipinski definition) is 1. The number of carbonyl (C=O) groups is 1. The van der Waals surface area contributed by atoms with Crippen LogP contribution in [0, 0.1) is 0 Å². The maximum Gasteiger partial charge on any atom is 0.337 e. The highest BCUT2D eigenvalue weighted by atomic mass is 79.9. The van der Waals surface area contributed by atoms with Gasteiger partial charge in [0.15, 0.2) is 0 Å². The van der Waals surface area contributed by atoms with Crippen molar-refractivity contribution >= 4 is 21.9 Å². The predicted octanol–water partition coefficient (Wildman–Crippen LogP) is 2.29. The van der Waals surface area contributed by atoms with Crippen LogP contribution < -0.4 is 0 Å². The number of hydrogen-bond acceptors (Lipinski definition) is 2. The summed E-state index contributed by atoms with van der Waals surface area (Å²) in [6, 6.07) is 1.63. The number of aromatic nitrogens is 1. The van der Waals surface area contributed by atoms with Gasteiger partial charge in [0.05, 0.1) is 10.2 Å². The number of likely N-dealkylation sites (N-methyl/N-ethyl adjacent to an activating group) is 1. The smallest absolute Gasteiger partial charge is 0.337 e. The zero-order valence-electron chi connectivity index (χ0n) is 9.61. The Morgan fingerprint density at radius 2 is 2.12 bits per heavy atom. The molecule has 0 spiro atoms. The summed E-state index contributed by atoms with van der Waals surface area (Å²) in [5.41, 5.74) is 0.325. The number of carboxylic acid groups (broad SMARTS) is 1. The maximum atomic E-state index is 10.8. The molecule has 0 bridgehead atoms. The Labute approximate surface area is 104 Å². The van der Waals surface area contributed by atoms with Gasteiger partial charge in [-0.1, -0.05) is 13.8 Å². The first-order valence-corrected chi connectivity index (χ1v) is 6.19. The van der Waals surface area contributed by atoms with Gasteiger partial charge in [-0.15, -0.1) is 0 Å². The van der Waals surface area contributed by atoms with Gasteiger partial charge in [0.2, 0.25) is 0 Å². The van der Waals surface area contributed by atoms with Crippen LogP contribution in [0.1, 0.15) is 24.2 Å². The first kappa shape index (κ1) is 13.3. The molecule has 1 heterocycles. The number of aromatic carboxylic acids is 1. The highest BCUT2D eigenvalue weighted by Crippen LogP contribution is 2.15. The van der Waals surface area contributed by atoms with Gasteiger partial charge in [-0.2, -0.15) is 0 Å². The summed E-state index contributed by atoms with van der Waals surface area (Å²) in [6.07, 6.45) is 1.66. The Balaban J connectivity index is 2.63. The van der Waals surface area contributed by atoms with E-state index in [1.165, 1.54) is 0 Å². The summed E-state index contributed by atoms with van der Waals surface area (Å²) < 4.78 is 2.74. The molecule has 1 aromatic heterocycles. The number of carboxylic acids is 1. The number of nitrogens with zero attached hydrogens (tertiary/aromatic N) is 2. The minimum absolute atomic E-state index is 0.325. The van der Waals surface area contributed by atoms with Gasteiger partial charge in [0, 0.05) is 19.3 Å². The van der Waals surface area contributed by atoms with Crippen molar-refractivity contribution in [3.05, 3.63) is 22.4 Å². The molecule has 0 radical (unpaired) electrons. The van der Waals surface area contributed by atoms with Crippen molar-refractivity contribution in [1.29, 1.82) is 0 Å². The van der Waals surface area contributed by atoms with Gasteiger partial charge in [-0.25, -0.2) is 4.79 Å². The third-order valence-corrected chi connectivity index (χ3v) is 3.33. The van der Waals surface area contributed by atoms with Crippen LogP contribution in [-0.4, -0.2) is 40.2 Å². The molecule has 1 aromatic rings. The van der Waals surface area contributed by atoms with Crippen LogP contribution in [0.25, 0.3) is 0 Å². The van der Waals surface area contributed by atoms with Crippen molar-refractivity contribution in [2.75, 3.05) is 19.6 Å². The van der Waals surface area contributed by atoms with E-state index in [1.54, 1.807) is 12.3 Å². The molecule has 0 unspecified atom stereocenters. The van der Waals surface area contributed by atoms with E-state index in [1.807, 2.05) is 4.57 Å². The lowest BCUT2D eigenvalue weighted by atomic mass is 10.4. The van der Waals surface area contributed by atoms with Crippen LogP contribution >= 0.6 is 15.9 Å². The van der Waals surface area contributed by atoms with E-state index in [2.05, 4.69) is 34.7 Å². The van der Waals surface area contributed by atoms with Crippen molar-refractivity contribution in [2.24, 2.45) is 0 Å². The Morgan fingerprint density at radius 3 is 2.56 bits per heavy atom. The van der Waals surface area contributed by atoms with Crippen molar-refractivity contribution in [2.45, 2.75) is 20.4 Å². The molecule has 0 amide bonds. The van der Waals surface area contributed by atoms with Crippen molar-refractivity contribution in [1.82, 2.24) is 9.47 Å². The molecule has 0 atom stereocenters. The molecule has 0 fully saturated rings. The van der Waals surface area contributed by atoms with Gasteiger partial charge < -0.3 is 14.6 Å². The van der Waals surface area contributed by atoms with Crippen LogP contribution in [0.5, 0.6) is 0 Å². The second-order valence-electron chi connectivity index (χ2n) is 3.58. The lowest BCUT2D eigenvalue weighted by molar-refractivity contribution is 0.0697. The molecule has 0 aliphatic carbocycles. The van der Waals surface area contributed by atoms with Crippen LogP contribution in [0.2, 0.25) is 0 Å². The molecular weight excluding hydrogens is 272 g/mol. The van der Waals surface area contributed by atoms with E-state index >= 15 is 0 Å². The molecule has 4 nitrogen and oxygen atoms in total. The zero-order chi connectivity index (χ0) is 12.1. The molecule has 16 heavy (non-hydrogen) atoms. The molecular formula is C11H17BrN2O2. The van der Waals surface area contributed by atoms with Gasteiger partial charge in [-0.05, 0) is 35.1 Å². The normalized spacial score (nSPS) is 11.0. The Morgan fingerprint density at radius 1 is 1.50 bits per heavy atom. The first-order valence-electron chi connectivity index (χ1n) is 5.39. The minimum atomic E-state index is -0.887.